The number of rotatable bonds is 3. The van der Waals surface area contributed by atoms with Crippen molar-refractivity contribution in [2.45, 2.75) is 26.2 Å². The average Bonchev–Trinajstić information content (AvgIpc) is 3.44. The molecule has 1 N–H and O–H groups in total. The third-order valence-corrected chi connectivity index (χ3v) is 6.22. The molecule has 0 saturated carbocycles. The third kappa shape index (κ3) is 3.15. The second-order valence-electron chi connectivity index (χ2n) is 9.69. The van der Waals surface area contributed by atoms with Crippen molar-refractivity contribution >= 4 is 28.0 Å². The number of aryl methyl sites for hydroxylation is 3. The minimum Gasteiger partial charge on any atom is -0.478 e. The highest BCUT2D eigenvalue weighted by Crippen LogP contribution is 2.35. The Morgan fingerprint density at radius 1 is 0.971 bits per heavy atom. The lowest BCUT2D eigenvalue weighted by molar-refractivity contribution is 0.0698. The predicted octanol–water partition coefficient (Wildman–Crippen LogP) is 3.61. The third-order valence-electron chi connectivity index (χ3n) is 6.22. The topological polar surface area (TPSA) is 99.9 Å². The summed E-state index contributed by atoms with van der Waals surface area (Å²) in [5.41, 5.74) is 4.84. The van der Waals surface area contributed by atoms with Crippen LogP contribution in [0.2, 0.25) is 0 Å². The van der Waals surface area contributed by atoms with Crippen molar-refractivity contribution in [3.05, 3.63) is 64.6 Å². The average molecular weight is 459 g/mol. The summed E-state index contributed by atoms with van der Waals surface area (Å²) in [7, 11) is 5.28. The van der Waals surface area contributed by atoms with Crippen LogP contribution < -0.4 is 5.69 Å². The fourth-order valence-corrected chi connectivity index (χ4v) is 4.50. The van der Waals surface area contributed by atoms with Gasteiger partial charge in [0.05, 0.1) is 33.8 Å². The maximum atomic E-state index is 12.5. The normalized spacial score (nSPS) is 12.2. The Labute approximate surface area is 195 Å². The molecule has 0 bridgehead atoms. The SMILES string of the molecule is Cn1cc(-c2cc3nc(C(C)(C)C)n(-c4ccc5c(c4)n(C)c(=O)n5C)c3cc2C(=O)O)cn1. The van der Waals surface area contributed by atoms with Crippen molar-refractivity contribution in [3.63, 3.8) is 0 Å². The summed E-state index contributed by atoms with van der Waals surface area (Å²) < 4.78 is 6.85. The Kier molecular flexibility index (Phi) is 4.58. The summed E-state index contributed by atoms with van der Waals surface area (Å²) in [6, 6.07) is 9.29. The van der Waals surface area contributed by atoms with Crippen LogP contribution in [-0.2, 0) is 26.6 Å². The van der Waals surface area contributed by atoms with E-state index in [1.807, 2.05) is 28.8 Å². The van der Waals surface area contributed by atoms with Crippen LogP contribution >= 0.6 is 0 Å². The van der Waals surface area contributed by atoms with Crippen LogP contribution in [0.5, 0.6) is 0 Å². The molecule has 0 saturated heterocycles. The number of hydrogen-bond acceptors (Lipinski definition) is 4. The van der Waals surface area contributed by atoms with Crippen molar-refractivity contribution in [2.24, 2.45) is 21.1 Å². The van der Waals surface area contributed by atoms with Gasteiger partial charge in [0.2, 0.25) is 0 Å². The Hall–Kier alpha value is -4.14. The van der Waals surface area contributed by atoms with E-state index in [-0.39, 0.29) is 16.7 Å². The maximum absolute atomic E-state index is 12.5. The van der Waals surface area contributed by atoms with Gasteiger partial charge >= 0.3 is 11.7 Å². The van der Waals surface area contributed by atoms with Gasteiger partial charge < -0.3 is 5.11 Å². The Morgan fingerprint density at radius 2 is 1.68 bits per heavy atom. The molecule has 0 radical (unpaired) electrons. The van der Waals surface area contributed by atoms with Gasteiger partial charge in [-0.25, -0.2) is 14.6 Å². The number of fused-ring (bicyclic) bond motifs is 2. The Balaban J connectivity index is 1.86. The number of carbonyl (C=O) groups is 1. The molecule has 9 nitrogen and oxygen atoms in total. The molecule has 9 heteroatoms. The molecule has 0 aliphatic rings. The first kappa shape index (κ1) is 21.7. The molecular formula is C25H26N6O3. The molecule has 174 valence electrons. The molecule has 0 aliphatic heterocycles. The standard InChI is InChI=1S/C25H26N6O3/c1-25(2,3)23-27-18-10-16(14-12-26-28(4)13-14)17(22(32)33)11-20(18)31(23)15-7-8-19-21(9-15)30(6)24(34)29(19)5/h7-13H,1-6H3,(H,32,33). The fraction of sp³-hybridized carbons (Fsp3) is 0.280. The second kappa shape index (κ2) is 7.18. The quantitative estimate of drug-likeness (QED) is 0.445. The Morgan fingerprint density at radius 3 is 2.29 bits per heavy atom. The lowest BCUT2D eigenvalue weighted by Gasteiger charge is -2.20. The van der Waals surface area contributed by atoms with Gasteiger partial charge in [-0.3, -0.25) is 18.4 Å². The zero-order chi connectivity index (χ0) is 24.5. The van der Waals surface area contributed by atoms with Gasteiger partial charge in [0.1, 0.15) is 5.82 Å². The van der Waals surface area contributed by atoms with E-state index >= 15 is 0 Å². The largest absolute Gasteiger partial charge is 0.478 e. The molecule has 0 amide bonds. The van der Waals surface area contributed by atoms with Crippen LogP contribution in [0.1, 0.15) is 37.0 Å². The Bertz CT molecular complexity index is 1670. The zero-order valence-corrected chi connectivity index (χ0v) is 20.0. The monoisotopic (exact) mass is 458 g/mol. The number of carboxylic acids is 1. The lowest BCUT2D eigenvalue weighted by Crippen LogP contribution is -2.19. The fourth-order valence-electron chi connectivity index (χ4n) is 4.50. The second-order valence-corrected chi connectivity index (χ2v) is 9.69. The van der Waals surface area contributed by atoms with E-state index in [4.69, 9.17) is 4.98 Å². The molecule has 3 aromatic heterocycles. The molecule has 34 heavy (non-hydrogen) atoms. The minimum atomic E-state index is -1.02. The summed E-state index contributed by atoms with van der Waals surface area (Å²) in [6.45, 7) is 6.21. The summed E-state index contributed by atoms with van der Waals surface area (Å²) in [6.07, 6.45) is 3.44. The molecule has 0 unspecified atom stereocenters. The summed E-state index contributed by atoms with van der Waals surface area (Å²) in [4.78, 5) is 29.7. The van der Waals surface area contributed by atoms with Gasteiger partial charge in [0.15, 0.2) is 0 Å². The van der Waals surface area contributed by atoms with Gasteiger partial charge in [-0.2, -0.15) is 5.10 Å². The molecule has 0 aliphatic carbocycles. The van der Waals surface area contributed by atoms with Crippen molar-refractivity contribution in [2.75, 3.05) is 0 Å². The van der Waals surface area contributed by atoms with Crippen LogP contribution in [0.4, 0.5) is 0 Å². The maximum Gasteiger partial charge on any atom is 0.336 e. The van der Waals surface area contributed by atoms with Crippen LogP contribution in [0.15, 0.2) is 47.5 Å². The molecule has 2 aromatic carbocycles. The van der Waals surface area contributed by atoms with Gasteiger partial charge in [-0.1, -0.05) is 20.8 Å². The number of aromatic carboxylic acids is 1. The number of benzene rings is 2. The smallest absolute Gasteiger partial charge is 0.336 e. The number of nitrogens with zero attached hydrogens (tertiary/aromatic N) is 6. The first-order valence-electron chi connectivity index (χ1n) is 10.9. The van der Waals surface area contributed by atoms with Crippen LogP contribution in [-0.4, -0.2) is 39.5 Å². The molecule has 0 spiro atoms. The van der Waals surface area contributed by atoms with E-state index in [1.54, 1.807) is 53.4 Å². The van der Waals surface area contributed by atoms with E-state index < -0.39 is 5.97 Å². The molecule has 5 aromatic rings. The van der Waals surface area contributed by atoms with Crippen LogP contribution in [0.3, 0.4) is 0 Å². The molecular weight excluding hydrogens is 432 g/mol. The van der Waals surface area contributed by atoms with Crippen molar-refractivity contribution in [1.82, 2.24) is 28.5 Å². The molecule has 0 atom stereocenters. The van der Waals surface area contributed by atoms with Gasteiger partial charge in [0, 0.05) is 49.6 Å². The number of hydrogen-bond donors (Lipinski definition) is 1. The van der Waals surface area contributed by atoms with Crippen LogP contribution in [0, 0.1) is 0 Å². The van der Waals surface area contributed by atoms with Gasteiger partial charge in [-0.05, 0) is 30.3 Å². The first-order chi connectivity index (χ1) is 16.0. The van der Waals surface area contributed by atoms with Crippen molar-refractivity contribution in [1.29, 1.82) is 0 Å². The minimum absolute atomic E-state index is 0.104. The number of aromatic nitrogens is 6. The van der Waals surface area contributed by atoms with E-state index in [1.165, 1.54) is 0 Å². The number of imidazole rings is 2. The zero-order valence-electron chi connectivity index (χ0n) is 20.0. The van der Waals surface area contributed by atoms with Crippen LogP contribution in [0.25, 0.3) is 38.9 Å². The first-order valence-corrected chi connectivity index (χ1v) is 10.9. The predicted molar refractivity (Wildman–Crippen MR) is 131 cm³/mol. The van der Waals surface area contributed by atoms with Crippen molar-refractivity contribution < 1.29 is 9.90 Å². The van der Waals surface area contributed by atoms with E-state index in [2.05, 4.69) is 25.9 Å². The molecule has 5 rings (SSSR count). The molecule has 3 heterocycles. The lowest BCUT2D eigenvalue weighted by atomic mass is 9.95. The highest BCUT2D eigenvalue weighted by atomic mass is 16.4. The summed E-state index contributed by atoms with van der Waals surface area (Å²) in [5.74, 6) is -0.228. The van der Waals surface area contributed by atoms with E-state index in [0.717, 1.165) is 28.1 Å². The highest BCUT2D eigenvalue weighted by Gasteiger charge is 2.26. The highest BCUT2D eigenvalue weighted by molar-refractivity contribution is 6.01. The number of carboxylic acid groups (broad SMARTS) is 1. The van der Waals surface area contributed by atoms with E-state index in [0.29, 0.717) is 16.6 Å². The van der Waals surface area contributed by atoms with Crippen molar-refractivity contribution in [3.8, 4) is 16.8 Å². The van der Waals surface area contributed by atoms with Gasteiger partial charge in [-0.15, -0.1) is 0 Å². The van der Waals surface area contributed by atoms with Gasteiger partial charge in [0.25, 0.3) is 0 Å². The summed E-state index contributed by atoms with van der Waals surface area (Å²) in [5, 5.41) is 14.2. The van der Waals surface area contributed by atoms with E-state index in [9.17, 15) is 14.7 Å². The summed E-state index contributed by atoms with van der Waals surface area (Å²) >= 11 is 0. The molecule has 0 fully saturated rings.